The SMILES string of the molecule is Cc1cc(=O)c(O)cn1-c1cccc(C(=O)O)c1. The molecule has 0 aliphatic carbocycles. The number of nitrogens with zero attached hydrogens (tertiary/aromatic N) is 1. The first-order chi connectivity index (χ1) is 8.49. The Balaban J connectivity index is 2.62. The maximum absolute atomic E-state index is 11.2. The largest absolute Gasteiger partial charge is 0.503 e. The highest BCUT2D eigenvalue weighted by molar-refractivity contribution is 5.88. The molecular weight excluding hydrogens is 234 g/mol. The molecule has 5 nitrogen and oxygen atoms in total. The van der Waals surface area contributed by atoms with E-state index in [0.29, 0.717) is 11.4 Å². The Labute approximate surface area is 103 Å². The fourth-order valence-electron chi connectivity index (χ4n) is 1.69. The van der Waals surface area contributed by atoms with E-state index in [-0.39, 0.29) is 11.3 Å². The van der Waals surface area contributed by atoms with Crippen molar-refractivity contribution >= 4 is 5.97 Å². The fourth-order valence-corrected chi connectivity index (χ4v) is 1.69. The molecule has 92 valence electrons. The number of carbonyl (C=O) groups is 1. The van der Waals surface area contributed by atoms with Crippen LogP contribution in [0, 0.1) is 6.92 Å². The summed E-state index contributed by atoms with van der Waals surface area (Å²) >= 11 is 0. The summed E-state index contributed by atoms with van der Waals surface area (Å²) in [6.45, 7) is 1.70. The summed E-state index contributed by atoms with van der Waals surface area (Å²) in [4.78, 5) is 22.1. The van der Waals surface area contributed by atoms with Crippen LogP contribution in [0.15, 0.2) is 41.3 Å². The third-order valence-corrected chi connectivity index (χ3v) is 2.60. The van der Waals surface area contributed by atoms with Gasteiger partial charge in [0.05, 0.1) is 11.8 Å². The van der Waals surface area contributed by atoms with Gasteiger partial charge in [-0.15, -0.1) is 0 Å². The maximum Gasteiger partial charge on any atom is 0.335 e. The van der Waals surface area contributed by atoms with Gasteiger partial charge in [-0.05, 0) is 25.1 Å². The molecule has 0 saturated heterocycles. The van der Waals surface area contributed by atoms with E-state index < -0.39 is 11.4 Å². The summed E-state index contributed by atoms with van der Waals surface area (Å²) in [5, 5.41) is 18.3. The lowest BCUT2D eigenvalue weighted by Crippen LogP contribution is -2.08. The van der Waals surface area contributed by atoms with E-state index >= 15 is 0 Å². The Morgan fingerprint density at radius 3 is 2.67 bits per heavy atom. The predicted molar refractivity (Wildman–Crippen MR) is 65.4 cm³/mol. The van der Waals surface area contributed by atoms with Gasteiger partial charge in [0, 0.05) is 17.4 Å². The summed E-state index contributed by atoms with van der Waals surface area (Å²) in [5.41, 5.74) is 0.867. The highest BCUT2D eigenvalue weighted by Gasteiger charge is 2.07. The molecule has 0 spiro atoms. The van der Waals surface area contributed by atoms with Gasteiger partial charge in [0.1, 0.15) is 0 Å². The molecule has 2 N–H and O–H groups in total. The molecule has 18 heavy (non-hydrogen) atoms. The molecule has 5 heteroatoms. The number of aromatic nitrogens is 1. The number of aryl methyl sites for hydroxylation is 1. The highest BCUT2D eigenvalue weighted by Crippen LogP contribution is 2.15. The lowest BCUT2D eigenvalue weighted by molar-refractivity contribution is 0.0697. The fraction of sp³-hybridized carbons (Fsp3) is 0.0769. The molecule has 2 aromatic rings. The topological polar surface area (TPSA) is 79.5 Å². The van der Waals surface area contributed by atoms with Crippen LogP contribution in [0.5, 0.6) is 5.75 Å². The Kier molecular flexibility index (Phi) is 2.89. The van der Waals surface area contributed by atoms with Crippen molar-refractivity contribution in [2.45, 2.75) is 6.92 Å². The first-order valence-corrected chi connectivity index (χ1v) is 5.25. The minimum Gasteiger partial charge on any atom is -0.503 e. The van der Waals surface area contributed by atoms with Crippen molar-refractivity contribution < 1.29 is 15.0 Å². The zero-order chi connectivity index (χ0) is 13.3. The molecule has 0 unspecified atom stereocenters. The van der Waals surface area contributed by atoms with Crippen molar-refractivity contribution in [2.24, 2.45) is 0 Å². The molecule has 2 rings (SSSR count). The third-order valence-electron chi connectivity index (χ3n) is 2.60. The normalized spacial score (nSPS) is 10.3. The number of hydrogen-bond acceptors (Lipinski definition) is 3. The molecule has 0 radical (unpaired) electrons. The lowest BCUT2D eigenvalue weighted by Gasteiger charge is -2.11. The van der Waals surface area contributed by atoms with Gasteiger partial charge in [0.2, 0.25) is 5.43 Å². The summed E-state index contributed by atoms with van der Waals surface area (Å²) < 4.78 is 1.56. The Morgan fingerprint density at radius 1 is 1.28 bits per heavy atom. The highest BCUT2D eigenvalue weighted by atomic mass is 16.4. The second kappa shape index (κ2) is 4.37. The molecule has 0 bridgehead atoms. The predicted octanol–water partition coefficient (Wildman–Crippen LogP) is 1.55. The average molecular weight is 245 g/mol. The van der Waals surface area contributed by atoms with E-state index in [2.05, 4.69) is 0 Å². The first kappa shape index (κ1) is 11.9. The first-order valence-electron chi connectivity index (χ1n) is 5.25. The van der Waals surface area contributed by atoms with Crippen LogP contribution in [0.1, 0.15) is 16.1 Å². The van der Waals surface area contributed by atoms with Gasteiger partial charge in [0.25, 0.3) is 0 Å². The van der Waals surface area contributed by atoms with E-state index in [1.165, 1.54) is 24.4 Å². The Bertz CT molecular complexity index is 673. The molecule has 0 atom stereocenters. The Hall–Kier alpha value is -2.56. The van der Waals surface area contributed by atoms with Crippen molar-refractivity contribution in [1.82, 2.24) is 4.57 Å². The molecule has 0 fully saturated rings. The second-order valence-electron chi connectivity index (χ2n) is 3.89. The second-order valence-corrected chi connectivity index (χ2v) is 3.89. The van der Waals surface area contributed by atoms with Crippen molar-refractivity contribution in [3.05, 3.63) is 58.0 Å². The quantitative estimate of drug-likeness (QED) is 0.841. The van der Waals surface area contributed by atoms with E-state index in [4.69, 9.17) is 5.11 Å². The maximum atomic E-state index is 11.2. The molecular formula is C13H11NO4. The lowest BCUT2D eigenvalue weighted by atomic mass is 10.2. The van der Waals surface area contributed by atoms with Gasteiger partial charge >= 0.3 is 5.97 Å². The van der Waals surface area contributed by atoms with Crippen LogP contribution in [-0.2, 0) is 0 Å². The molecule has 0 saturated carbocycles. The van der Waals surface area contributed by atoms with E-state index in [1.807, 2.05) is 0 Å². The van der Waals surface area contributed by atoms with Crippen LogP contribution in [0.3, 0.4) is 0 Å². The van der Waals surface area contributed by atoms with Gasteiger partial charge in [-0.3, -0.25) is 4.79 Å². The number of benzene rings is 1. The number of hydrogen-bond donors (Lipinski definition) is 2. The number of aromatic carboxylic acids is 1. The monoisotopic (exact) mass is 245 g/mol. The van der Waals surface area contributed by atoms with Crippen LogP contribution in [0.25, 0.3) is 5.69 Å². The summed E-state index contributed by atoms with van der Waals surface area (Å²) in [6.07, 6.45) is 1.28. The number of carboxylic acids is 1. The number of aromatic hydroxyl groups is 1. The van der Waals surface area contributed by atoms with Crippen molar-refractivity contribution in [3.63, 3.8) is 0 Å². The zero-order valence-corrected chi connectivity index (χ0v) is 9.62. The van der Waals surface area contributed by atoms with Gasteiger partial charge < -0.3 is 14.8 Å². The molecule has 0 amide bonds. The van der Waals surface area contributed by atoms with Crippen LogP contribution < -0.4 is 5.43 Å². The molecule has 0 aliphatic rings. The van der Waals surface area contributed by atoms with Crippen LogP contribution >= 0.6 is 0 Å². The molecule has 0 aliphatic heterocycles. The van der Waals surface area contributed by atoms with E-state index in [1.54, 1.807) is 23.6 Å². The molecule has 1 aromatic heterocycles. The van der Waals surface area contributed by atoms with Gasteiger partial charge in [-0.1, -0.05) is 6.07 Å². The molecule has 1 aromatic carbocycles. The smallest absolute Gasteiger partial charge is 0.335 e. The number of pyridine rings is 1. The number of carboxylic acid groups (broad SMARTS) is 1. The third kappa shape index (κ3) is 2.10. The van der Waals surface area contributed by atoms with Crippen LogP contribution in [0.2, 0.25) is 0 Å². The summed E-state index contributed by atoms with van der Waals surface area (Å²) in [7, 11) is 0. The van der Waals surface area contributed by atoms with E-state index in [9.17, 15) is 14.7 Å². The van der Waals surface area contributed by atoms with Gasteiger partial charge in [-0.2, -0.15) is 0 Å². The zero-order valence-electron chi connectivity index (χ0n) is 9.62. The number of rotatable bonds is 2. The van der Waals surface area contributed by atoms with Gasteiger partial charge in [0.15, 0.2) is 5.75 Å². The minimum atomic E-state index is -1.03. The van der Waals surface area contributed by atoms with E-state index in [0.717, 1.165) is 0 Å². The van der Waals surface area contributed by atoms with Crippen molar-refractivity contribution in [1.29, 1.82) is 0 Å². The summed E-state index contributed by atoms with van der Waals surface area (Å²) in [5.74, 6) is -1.40. The average Bonchev–Trinajstić information content (AvgIpc) is 2.34. The molecule has 1 heterocycles. The van der Waals surface area contributed by atoms with Crippen molar-refractivity contribution in [3.8, 4) is 11.4 Å². The van der Waals surface area contributed by atoms with Crippen molar-refractivity contribution in [2.75, 3.05) is 0 Å². The summed E-state index contributed by atoms with van der Waals surface area (Å²) in [6, 6.07) is 7.54. The van der Waals surface area contributed by atoms with Crippen LogP contribution in [0.4, 0.5) is 0 Å². The Morgan fingerprint density at radius 2 is 2.00 bits per heavy atom. The van der Waals surface area contributed by atoms with Gasteiger partial charge in [-0.25, -0.2) is 4.79 Å². The standard InChI is InChI=1S/C13H11NO4/c1-8-5-11(15)12(16)7-14(8)10-4-2-3-9(6-10)13(17)18/h2-7,16H,1H3,(H,17,18). The minimum absolute atomic E-state index is 0.144. The van der Waals surface area contributed by atoms with Crippen LogP contribution in [-0.4, -0.2) is 20.7 Å².